The number of carboxylic acid groups (broad SMARTS) is 1. The topological polar surface area (TPSA) is 52.6 Å². The molecule has 1 aromatic carbocycles. The zero-order valence-electron chi connectivity index (χ0n) is 9.91. The number of hydrogen-bond acceptors (Lipinski definition) is 3. The number of carbonyl (C=O) groups is 1. The molecule has 0 saturated carbocycles. The molecule has 0 radical (unpaired) electrons. The number of likely N-dealkylation sites (N-methyl/N-ethyl adjacent to an activating group) is 1. The maximum absolute atomic E-state index is 14.0. The fourth-order valence-electron chi connectivity index (χ4n) is 2.10. The average molecular weight is 317 g/mol. The molecule has 1 fully saturated rings. The van der Waals surface area contributed by atoms with Crippen LogP contribution in [0, 0.1) is 5.82 Å². The first-order valence-corrected chi connectivity index (χ1v) is 6.44. The number of carboxylic acids is 1. The molecule has 4 nitrogen and oxygen atoms in total. The van der Waals surface area contributed by atoms with Gasteiger partial charge in [-0.25, -0.2) is 9.18 Å². The van der Waals surface area contributed by atoms with Gasteiger partial charge < -0.3 is 15.3 Å². The Balaban J connectivity index is 2.19. The smallest absolute Gasteiger partial charge is 0.336 e. The molecule has 1 unspecified atom stereocenters. The van der Waals surface area contributed by atoms with Crippen LogP contribution >= 0.6 is 15.9 Å². The van der Waals surface area contributed by atoms with Crippen molar-refractivity contribution in [2.45, 2.75) is 12.5 Å². The van der Waals surface area contributed by atoms with Crippen molar-refractivity contribution in [3.8, 4) is 0 Å². The van der Waals surface area contributed by atoms with Gasteiger partial charge in [0.25, 0.3) is 0 Å². The summed E-state index contributed by atoms with van der Waals surface area (Å²) in [5, 5.41) is 12.0. The Kier molecular flexibility index (Phi) is 3.87. The third-order valence-corrected chi connectivity index (χ3v) is 3.84. The summed E-state index contributed by atoms with van der Waals surface area (Å²) in [6.07, 6.45) is 0.953. The van der Waals surface area contributed by atoms with E-state index in [1.54, 1.807) is 0 Å². The maximum atomic E-state index is 14.0. The molecule has 18 heavy (non-hydrogen) atoms. The number of nitrogens with zero attached hydrogens (tertiary/aromatic N) is 1. The molecule has 0 aromatic heterocycles. The van der Waals surface area contributed by atoms with Crippen LogP contribution in [0.15, 0.2) is 16.6 Å². The van der Waals surface area contributed by atoms with Crippen LogP contribution in [-0.2, 0) is 0 Å². The Hall–Kier alpha value is -1.14. The zero-order chi connectivity index (χ0) is 13.3. The minimum atomic E-state index is -1.15. The van der Waals surface area contributed by atoms with E-state index in [0.717, 1.165) is 19.5 Å². The number of anilines is 1. The van der Waals surface area contributed by atoms with Gasteiger partial charge in [0, 0.05) is 12.6 Å². The maximum Gasteiger partial charge on any atom is 0.336 e. The van der Waals surface area contributed by atoms with E-state index < -0.39 is 11.8 Å². The van der Waals surface area contributed by atoms with Crippen LogP contribution in [0.25, 0.3) is 0 Å². The summed E-state index contributed by atoms with van der Waals surface area (Å²) in [7, 11) is 2.02. The van der Waals surface area contributed by atoms with Gasteiger partial charge in [-0.3, -0.25) is 0 Å². The van der Waals surface area contributed by atoms with Crippen molar-refractivity contribution in [1.82, 2.24) is 4.90 Å². The van der Waals surface area contributed by atoms with Gasteiger partial charge in [-0.15, -0.1) is 0 Å². The van der Waals surface area contributed by atoms with Gasteiger partial charge in [0.2, 0.25) is 0 Å². The summed E-state index contributed by atoms with van der Waals surface area (Å²) in [6.45, 7) is 1.84. The highest BCUT2D eigenvalue weighted by atomic mass is 79.9. The Labute approximate surface area is 113 Å². The number of likely N-dealkylation sites (tertiary alicyclic amines) is 1. The van der Waals surface area contributed by atoms with E-state index in [1.165, 1.54) is 12.1 Å². The Morgan fingerprint density at radius 3 is 2.89 bits per heavy atom. The van der Waals surface area contributed by atoms with Crippen LogP contribution in [-0.4, -0.2) is 42.2 Å². The normalized spacial score (nSPS) is 20.1. The van der Waals surface area contributed by atoms with Crippen molar-refractivity contribution >= 4 is 27.6 Å². The van der Waals surface area contributed by atoms with E-state index >= 15 is 0 Å². The predicted octanol–water partition coefficient (Wildman–Crippen LogP) is 2.40. The second kappa shape index (κ2) is 5.24. The molecular weight excluding hydrogens is 303 g/mol. The van der Waals surface area contributed by atoms with Crippen LogP contribution in [0.4, 0.5) is 10.1 Å². The summed E-state index contributed by atoms with van der Waals surface area (Å²) in [6, 6.07) is 3.07. The summed E-state index contributed by atoms with van der Waals surface area (Å²) < 4.78 is 14.0. The molecule has 1 aliphatic heterocycles. The van der Waals surface area contributed by atoms with Gasteiger partial charge in [0.1, 0.15) is 0 Å². The van der Waals surface area contributed by atoms with Crippen molar-refractivity contribution in [3.63, 3.8) is 0 Å². The lowest BCUT2D eigenvalue weighted by Crippen LogP contribution is -2.24. The highest BCUT2D eigenvalue weighted by molar-refractivity contribution is 9.10. The summed E-state index contributed by atoms with van der Waals surface area (Å²) in [5.74, 6) is -1.70. The zero-order valence-corrected chi connectivity index (χ0v) is 11.5. The Bertz CT molecular complexity index is 481. The van der Waals surface area contributed by atoms with E-state index in [9.17, 15) is 9.18 Å². The lowest BCUT2D eigenvalue weighted by atomic mass is 10.1. The number of aromatic carboxylic acids is 1. The first-order valence-electron chi connectivity index (χ1n) is 5.65. The Morgan fingerprint density at radius 2 is 2.33 bits per heavy atom. The van der Waals surface area contributed by atoms with Crippen molar-refractivity contribution < 1.29 is 14.3 Å². The van der Waals surface area contributed by atoms with E-state index in [1.807, 2.05) is 7.05 Å². The molecule has 2 N–H and O–H groups in total. The monoisotopic (exact) mass is 316 g/mol. The van der Waals surface area contributed by atoms with E-state index in [2.05, 4.69) is 26.1 Å². The molecule has 6 heteroatoms. The van der Waals surface area contributed by atoms with Crippen LogP contribution in [0.3, 0.4) is 0 Å². The van der Waals surface area contributed by atoms with E-state index in [4.69, 9.17) is 5.11 Å². The standard InChI is InChI=1S/C12H14BrFN2O2/c1-16-5-4-7(6-16)15-9-3-2-8(12(17)18)10(13)11(9)14/h2-3,7,15H,4-6H2,1H3,(H,17,18). The highest BCUT2D eigenvalue weighted by Crippen LogP contribution is 2.28. The first-order chi connectivity index (χ1) is 8.49. The van der Waals surface area contributed by atoms with Gasteiger partial charge in [0.05, 0.1) is 15.7 Å². The third kappa shape index (κ3) is 2.64. The van der Waals surface area contributed by atoms with Crippen LogP contribution in [0.2, 0.25) is 0 Å². The highest BCUT2D eigenvalue weighted by Gasteiger charge is 2.22. The largest absolute Gasteiger partial charge is 0.478 e. The van der Waals surface area contributed by atoms with Gasteiger partial charge in [-0.1, -0.05) is 0 Å². The van der Waals surface area contributed by atoms with Crippen LogP contribution < -0.4 is 5.32 Å². The minimum Gasteiger partial charge on any atom is -0.478 e. The fourth-order valence-corrected chi connectivity index (χ4v) is 2.61. The quantitative estimate of drug-likeness (QED) is 0.899. The number of hydrogen-bond donors (Lipinski definition) is 2. The SMILES string of the molecule is CN1CCC(Nc2ccc(C(=O)O)c(Br)c2F)C1. The first kappa shape index (κ1) is 13.3. The number of rotatable bonds is 3. The average Bonchev–Trinajstić information content (AvgIpc) is 2.70. The molecule has 1 aliphatic rings. The Morgan fingerprint density at radius 1 is 1.61 bits per heavy atom. The lowest BCUT2D eigenvalue weighted by Gasteiger charge is -2.16. The lowest BCUT2D eigenvalue weighted by molar-refractivity contribution is 0.0695. The van der Waals surface area contributed by atoms with Crippen molar-refractivity contribution in [1.29, 1.82) is 0 Å². The minimum absolute atomic E-state index is 0.00801. The molecule has 0 spiro atoms. The molecule has 1 atom stereocenters. The molecule has 1 saturated heterocycles. The molecule has 98 valence electrons. The molecular formula is C12H14BrFN2O2. The van der Waals surface area contributed by atoms with Crippen molar-refractivity contribution in [2.75, 3.05) is 25.5 Å². The van der Waals surface area contributed by atoms with Gasteiger partial charge in [-0.05, 0) is 48.1 Å². The van der Waals surface area contributed by atoms with Crippen molar-refractivity contribution in [3.05, 3.63) is 28.0 Å². The van der Waals surface area contributed by atoms with Gasteiger partial charge in [0.15, 0.2) is 5.82 Å². The van der Waals surface area contributed by atoms with Crippen LogP contribution in [0.1, 0.15) is 16.8 Å². The molecule has 1 aromatic rings. The number of halogens is 2. The molecule has 0 amide bonds. The van der Waals surface area contributed by atoms with E-state index in [0.29, 0.717) is 5.69 Å². The third-order valence-electron chi connectivity index (χ3n) is 3.06. The van der Waals surface area contributed by atoms with Crippen molar-refractivity contribution in [2.24, 2.45) is 0 Å². The molecule has 0 bridgehead atoms. The predicted molar refractivity (Wildman–Crippen MR) is 70.6 cm³/mol. The summed E-state index contributed by atoms with van der Waals surface area (Å²) in [5.41, 5.74) is 0.272. The second-order valence-corrected chi connectivity index (χ2v) is 5.28. The van der Waals surface area contributed by atoms with E-state index in [-0.39, 0.29) is 16.1 Å². The van der Waals surface area contributed by atoms with Gasteiger partial charge in [-0.2, -0.15) is 0 Å². The molecule has 0 aliphatic carbocycles. The number of nitrogens with one attached hydrogen (secondary N) is 1. The molecule has 1 heterocycles. The molecule has 2 rings (SSSR count). The summed E-state index contributed by atoms with van der Waals surface area (Å²) in [4.78, 5) is 13.0. The fraction of sp³-hybridized carbons (Fsp3) is 0.417. The van der Waals surface area contributed by atoms with Crippen LogP contribution in [0.5, 0.6) is 0 Å². The van der Waals surface area contributed by atoms with Gasteiger partial charge >= 0.3 is 5.97 Å². The second-order valence-electron chi connectivity index (χ2n) is 4.49. The number of benzene rings is 1. The summed E-state index contributed by atoms with van der Waals surface area (Å²) >= 11 is 2.99.